The smallest absolute Gasteiger partial charge is 0.223 e. The first-order valence-corrected chi connectivity index (χ1v) is 4.97. The largest absolute Gasteiger partial charge is 0.477 e. The Balaban J connectivity index is 2.53. The number of aromatic nitrogens is 2. The highest BCUT2D eigenvalue weighted by atomic mass is 16.5. The van der Waals surface area contributed by atoms with Gasteiger partial charge in [0.25, 0.3) is 0 Å². The van der Waals surface area contributed by atoms with Gasteiger partial charge in [0.1, 0.15) is 5.56 Å². The van der Waals surface area contributed by atoms with Gasteiger partial charge in [-0.2, -0.15) is 5.10 Å². The number of hydrogen-bond acceptors (Lipinski definition) is 3. The SMILES string of the molecule is CCc1nn2c(c1C(C)=O)OCCC2. The molecule has 1 aromatic rings. The summed E-state index contributed by atoms with van der Waals surface area (Å²) in [6, 6.07) is 0. The minimum Gasteiger partial charge on any atom is -0.477 e. The summed E-state index contributed by atoms with van der Waals surface area (Å²) in [5.41, 5.74) is 1.53. The van der Waals surface area contributed by atoms with Gasteiger partial charge in [-0.15, -0.1) is 0 Å². The quantitative estimate of drug-likeness (QED) is 0.669. The number of Topliss-reactive ketones (excluding diaryl/α,β-unsaturated/α-hetero) is 1. The molecular formula is C10H14N2O2. The number of ketones is 1. The number of carbonyl (C=O) groups is 1. The molecule has 0 unspecified atom stereocenters. The maximum Gasteiger partial charge on any atom is 0.223 e. The summed E-state index contributed by atoms with van der Waals surface area (Å²) in [6.07, 6.45) is 1.74. The summed E-state index contributed by atoms with van der Waals surface area (Å²) >= 11 is 0. The van der Waals surface area contributed by atoms with Crippen molar-refractivity contribution < 1.29 is 9.53 Å². The van der Waals surface area contributed by atoms with E-state index in [0.717, 1.165) is 25.1 Å². The molecule has 0 aliphatic carbocycles. The van der Waals surface area contributed by atoms with Gasteiger partial charge in [-0.05, 0) is 13.3 Å². The lowest BCUT2D eigenvalue weighted by Crippen LogP contribution is -2.15. The van der Waals surface area contributed by atoms with E-state index < -0.39 is 0 Å². The highest BCUT2D eigenvalue weighted by Gasteiger charge is 2.23. The van der Waals surface area contributed by atoms with Crippen LogP contribution in [0, 0.1) is 0 Å². The third-order valence-corrected chi connectivity index (χ3v) is 2.42. The number of nitrogens with zero attached hydrogens (tertiary/aromatic N) is 2. The van der Waals surface area contributed by atoms with Crippen LogP contribution in [-0.2, 0) is 13.0 Å². The fourth-order valence-electron chi connectivity index (χ4n) is 1.78. The van der Waals surface area contributed by atoms with Crippen molar-refractivity contribution >= 4 is 5.78 Å². The van der Waals surface area contributed by atoms with Crippen LogP contribution in [0.1, 0.15) is 36.3 Å². The van der Waals surface area contributed by atoms with Crippen molar-refractivity contribution in [3.05, 3.63) is 11.3 Å². The molecule has 0 aromatic carbocycles. The van der Waals surface area contributed by atoms with Crippen LogP contribution in [0.3, 0.4) is 0 Å². The third kappa shape index (κ3) is 1.31. The van der Waals surface area contributed by atoms with Crippen molar-refractivity contribution in [2.24, 2.45) is 0 Å². The molecule has 1 aromatic heterocycles. The summed E-state index contributed by atoms with van der Waals surface area (Å²) in [5.74, 6) is 0.714. The minimum absolute atomic E-state index is 0.0463. The Hall–Kier alpha value is -1.32. The molecule has 0 bridgehead atoms. The lowest BCUT2D eigenvalue weighted by Gasteiger charge is -2.15. The Morgan fingerprint density at radius 1 is 1.64 bits per heavy atom. The van der Waals surface area contributed by atoms with E-state index in [9.17, 15) is 4.79 Å². The van der Waals surface area contributed by atoms with E-state index in [-0.39, 0.29) is 5.78 Å². The van der Waals surface area contributed by atoms with Crippen molar-refractivity contribution in [2.75, 3.05) is 6.61 Å². The highest BCUT2D eigenvalue weighted by Crippen LogP contribution is 2.26. The Morgan fingerprint density at radius 2 is 2.43 bits per heavy atom. The van der Waals surface area contributed by atoms with E-state index >= 15 is 0 Å². The van der Waals surface area contributed by atoms with Crippen LogP contribution >= 0.6 is 0 Å². The normalized spacial score (nSPS) is 14.7. The molecule has 0 atom stereocenters. The van der Waals surface area contributed by atoms with Gasteiger partial charge < -0.3 is 4.74 Å². The zero-order valence-electron chi connectivity index (χ0n) is 8.54. The molecule has 4 heteroatoms. The predicted molar refractivity (Wildman–Crippen MR) is 51.7 cm³/mol. The topological polar surface area (TPSA) is 44.1 Å². The Bertz CT molecular complexity index is 368. The van der Waals surface area contributed by atoms with Crippen molar-refractivity contribution in [3.63, 3.8) is 0 Å². The second-order valence-electron chi connectivity index (χ2n) is 3.46. The number of rotatable bonds is 2. The van der Waals surface area contributed by atoms with Crippen molar-refractivity contribution in [1.29, 1.82) is 0 Å². The van der Waals surface area contributed by atoms with Gasteiger partial charge in [0.15, 0.2) is 5.78 Å². The van der Waals surface area contributed by atoms with Crippen LogP contribution in [0.4, 0.5) is 0 Å². The summed E-state index contributed by atoms with van der Waals surface area (Å²) in [6.45, 7) is 5.11. The molecule has 0 spiro atoms. The number of carbonyl (C=O) groups excluding carboxylic acids is 1. The molecular weight excluding hydrogens is 180 g/mol. The molecule has 0 saturated carbocycles. The lowest BCUT2D eigenvalue weighted by atomic mass is 10.1. The Labute approximate surface area is 82.9 Å². The fourth-order valence-corrected chi connectivity index (χ4v) is 1.78. The number of ether oxygens (including phenoxy) is 1. The molecule has 14 heavy (non-hydrogen) atoms. The molecule has 0 radical (unpaired) electrons. The number of aryl methyl sites for hydroxylation is 2. The first kappa shape index (κ1) is 9.24. The maximum absolute atomic E-state index is 11.4. The molecule has 2 heterocycles. The molecule has 0 fully saturated rings. The first-order valence-electron chi connectivity index (χ1n) is 4.97. The molecule has 0 saturated heterocycles. The van der Waals surface area contributed by atoms with E-state index in [2.05, 4.69) is 5.10 Å². The molecule has 0 N–H and O–H groups in total. The molecule has 4 nitrogen and oxygen atoms in total. The second-order valence-corrected chi connectivity index (χ2v) is 3.46. The second kappa shape index (κ2) is 3.44. The lowest BCUT2D eigenvalue weighted by molar-refractivity contribution is 0.101. The summed E-state index contributed by atoms with van der Waals surface area (Å²) < 4.78 is 7.28. The molecule has 0 amide bonds. The average Bonchev–Trinajstić information content (AvgIpc) is 2.55. The summed E-state index contributed by atoms with van der Waals surface area (Å²) in [5, 5.41) is 4.36. The van der Waals surface area contributed by atoms with Gasteiger partial charge in [-0.3, -0.25) is 4.79 Å². The molecule has 76 valence electrons. The van der Waals surface area contributed by atoms with Crippen LogP contribution in [0.2, 0.25) is 0 Å². The van der Waals surface area contributed by atoms with Crippen molar-refractivity contribution in [1.82, 2.24) is 9.78 Å². The fraction of sp³-hybridized carbons (Fsp3) is 0.600. The Kier molecular flexibility index (Phi) is 2.27. The van der Waals surface area contributed by atoms with Crippen molar-refractivity contribution in [2.45, 2.75) is 33.2 Å². The van der Waals surface area contributed by atoms with Crippen LogP contribution in [-0.4, -0.2) is 22.2 Å². The van der Waals surface area contributed by atoms with E-state index in [1.165, 1.54) is 0 Å². The van der Waals surface area contributed by atoms with Gasteiger partial charge >= 0.3 is 0 Å². The van der Waals surface area contributed by atoms with Crippen LogP contribution in [0.15, 0.2) is 0 Å². The van der Waals surface area contributed by atoms with Gasteiger partial charge in [0.05, 0.1) is 12.3 Å². The van der Waals surface area contributed by atoms with Crippen LogP contribution in [0.5, 0.6) is 5.88 Å². The van der Waals surface area contributed by atoms with E-state index in [1.54, 1.807) is 11.6 Å². The van der Waals surface area contributed by atoms with Crippen LogP contribution < -0.4 is 4.74 Å². The zero-order chi connectivity index (χ0) is 10.1. The van der Waals surface area contributed by atoms with Crippen LogP contribution in [0.25, 0.3) is 0 Å². The molecule has 2 rings (SSSR count). The third-order valence-electron chi connectivity index (χ3n) is 2.42. The summed E-state index contributed by atoms with van der Waals surface area (Å²) in [4.78, 5) is 11.4. The van der Waals surface area contributed by atoms with Crippen molar-refractivity contribution in [3.8, 4) is 5.88 Å². The average molecular weight is 194 g/mol. The van der Waals surface area contributed by atoms with Gasteiger partial charge in [0.2, 0.25) is 5.88 Å². The minimum atomic E-state index is 0.0463. The maximum atomic E-state index is 11.4. The van der Waals surface area contributed by atoms with E-state index in [0.29, 0.717) is 18.1 Å². The number of hydrogen-bond donors (Lipinski definition) is 0. The van der Waals surface area contributed by atoms with Gasteiger partial charge in [-0.1, -0.05) is 6.92 Å². The Morgan fingerprint density at radius 3 is 3.07 bits per heavy atom. The predicted octanol–water partition coefficient (Wildman–Crippen LogP) is 1.43. The standard InChI is InChI=1S/C10H14N2O2/c1-3-8-9(7(2)13)10-12(11-8)5-4-6-14-10/h3-6H2,1-2H3. The first-order chi connectivity index (χ1) is 6.74. The molecule has 1 aliphatic rings. The molecule has 1 aliphatic heterocycles. The van der Waals surface area contributed by atoms with E-state index in [1.807, 2.05) is 6.92 Å². The highest BCUT2D eigenvalue weighted by molar-refractivity contribution is 5.97. The monoisotopic (exact) mass is 194 g/mol. The zero-order valence-corrected chi connectivity index (χ0v) is 8.54. The van der Waals surface area contributed by atoms with Gasteiger partial charge in [-0.25, -0.2) is 4.68 Å². The number of fused-ring (bicyclic) bond motifs is 1. The summed E-state index contributed by atoms with van der Waals surface area (Å²) in [7, 11) is 0. The van der Waals surface area contributed by atoms with E-state index in [4.69, 9.17) is 4.74 Å². The van der Waals surface area contributed by atoms with Gasteiger partial charge in [0, 0.05) is 13.0 Å².